The van der Waals surface area contributed by atoms with Crippen LogP contribution in [0.4, 0.5) is 0 Å². The Labute approximate surface area is 147 Å². The molecule has 0 saturated carbocycles. The van der Waals surface area contributed by atoms with Crippen molar-refractivity contribution in [2.45, 2.75) is 59.2 Å². The lowest BCUT2D eigenvalue weighted by atomic mass is 10.1. The van der Waals surface area contributed by atoms with Gasteiger partial charge in [-0.05, 0) is 45.2 Å². The zero-order valence-electron chi connectivity index (χ0n) is 15.4. The molecule has 24 heavy (non-hydrogen) atoms. The zero-order chi connectivity index (χ0) is 17.4. The molecule has 2 rings (SSSR count). The van der Waals surface area contributed by atoms with Crippen LogP contribution in [0, 0.1) is 0 Å². The van der Waals surface area contributed by atoms with Crippen LogP contribution in [0.2, 0.25) is 0 Å². The molecule has 0 N–H and O–H groups in total. The van der Waals surface area contributed by atoms with E-state index in [-0.39, 0.29) is 0 Å². The Kier molecular flexibility index (Phi) is 7.05. The van der Waals surface area contributed by atoms with E-state index in [9.17, 15) is 0 Å². The van der Waals surface area contributed by atoms with Crippen molar-refractivity contribution < 1.29 is 0 Å². The molecule has 0 aliphatic carbocycles. The van der Waals surface area contributed by atoms with Crippen molar-refractivity contribution in [2.24, 2.45) is 4.99 Å². The number of aryl methyl sites for hydroxylation is 1. The fourth-order valence-corrected chi connectivity index (χ4v) is 3.15. The van der Waals surface area contributed by atoms with Gasteiger partial charge in [0.1, 0.15) is 5.84 Å². The van der Waals surface area contributed by atoms with E-state index in [2.05, 4.69) is 93.3 Å². The molecule has 2 heteroatoms. The normalized spacial score (nSPS) is 12.0. The maximum atomic E-state index is 4.99. The van der Waals surface area contributed by atoms with E-state index >= 15 is 0 Å². The van der Waals surface area contributed by atoms with Crippen LogP contribution >= 0.6 is 0 Å². The van der Waals surface area contributed by atoms with Gasteiger partial charge in [0.2, 0.25) is 0 Å². The number of hydrogen-bond donors (Lipinski definition) is 0. The van der Waals surface area contributed by atoms with Gasteiger partial charge in [-0.1, -0.05) is 60.7 Å². The van der Waals surface area contributed by atoms with Gasteiger partial charge in [0, 0.05) is 18.5 Å². The minimum Gasteiger partial charge on any atom is -0.355 e. The molecule has 2 nitrogen and oxygen atoms in total. The van der Waals surface area contributed by atoms with Gasteiger partial charge in [-0.25, -0.2) is 0 Å². The molecular weight excluding hydrogens is 292 g/mol. The Balaban J connectivity index is 2.16. The molecule has 0 saturated heterocycles. The summed E-state index contributed by atoms with van der Waals surface area (Å²) in [6, 6.07) is 22.1. The summed E-state index contributed by atoms with van der Waals surface area (Å²) in [5.74, 6) is 1.22. The summed E-state index contributed by atoms with van der Waals surface area (Å²) in [5, 5.41) is 0. The van der Waals surface area contributed by atoms with E-state index in [1.165, 1.54) is 17.0 Å². The lowest BCUT2D eigenvalue weighted by molar-refractivity contribution is 0.285. The molecule has 0 atom stereocenters. The summed E-state index contributed by atoms with van der Waals surface area (Å²) >= 11 is 0. The number of hydrogen-bond acceptors (Lipinski definition) is 1. The number of benzene rings is 2. The summed E-state index contributed by atoms with van der Waals surface area (Å²) in [6.07, 6.45) is 2.01. The van der Waals surface area contributed by atoms with Gasteiger partial charge in [-0.15, -0.1) is 0 Å². The van der Waals surface area contributed by atoms with Gasteiger partial charge in [0.25, 0.3) is 0 Å². The van der Waals surface area contributed by atoms with Gasteiger partial charge in [-0.3, -0.25) is 4.99 Å². The molecule has 128 valence electrons. The van der Waals surface area contributed by atoms with Crippen molar-refractivity contribution in [1.29, 1.82) is 0 Å². The third kappa shape index (κ3) is 5.52. The van der Waals surface area contributed by atoms with Crippen LogP contribution in [-0.4, -0.2) is 22.8 Å². The Bertz CT molecular complexity index is 607. The molecule has 0 spiro atoms. The number of nitrogens with zero attached hydrogens (tertiary/aromatic N) is 2. The van der Waals surface area contributed by atoms with Crippen LogP contribution in [0.15, 0.2) is 65.7 Å². The van der Waals surface area contributed by atoms with E-state index in [1.54, 1.807) is 0 Å². The van der Waals surface area contributed by atoms with E-state index in [0.717, 1.165) is 19.4 Å². The first-order chi connectivity index (χ1) is 11.6. The summed E-state index contributed by atoms with van der Waals surface area (Å²) in [7, 11) is 0. The van der Waals surface area contributed by atoms with E-state index in [4.69, 9.17) is 4.99 Å². The van der Waals surface area contributed by atoms with Crippen LogP contribution in [0.1, 0.15) is 45.2 Å². The molecule has 0 aromatic heterocycles. The lowest BCUT2D eigenvalue weighted by Gasteiger charge is -2.34. The number of amidine groups is 1. The highest BCUT2D eigenvalue weighted by Crippen LogP contribution is 2.14. The molecule has 0 unspecified atom stereocenters. The van der Waals surface area contributed by atoms with Crippen molar-refractivity contribution in [1.82, 2.24) is 4.90 Å². The monoisotopic (exact) mass is 322 g/mol. The third-order valence-electron chi connectivity index (χ3n) is 4.18. The van der Waals surface area contributed by atoms with Crippen molar-refractivity contribution in [3.8, 4) is 0 Å². The molecule has 2 aromatic rings. The van der Waals surface area contributed by atoms with Crippen molar-refractivity contribution in [3.05, 3.63) is 71.8 Å². The topological polar surface area (TPSA) is 15.6 Å². The van der Waals surface area contributed by atoms with Gasteiger partial charge in [-0.2, -0.15) is 0 Å². The van der Waals surface area contributed by atoms with Crippen molar-refractivity contribution >= 4 is 5.84 Å². The molecule has 0 radical (unpaired) electrons. The highest BCUT2D eigenvalue weighted by molar-refractivity contribution is 5.83. The van der Waals surface area contributed by atoms with Crippen molar-refractivity contribution in [2.75, 3.05) is 0 Å². The van der Waals surface area contributed by atoms with Crippen LogP contribution in [0.3, 0.4) is 0 Å². The quantitative estimate of drug-likeness (QED) is 0.496. The molecule has 0 heterocycles. The molecule has 0 aliphatic rings. The Morgan fingerprint density at radius 3 is 1.79 bits per heavy atom. The van der Waals surface area contributed by atoms with Crippen LogP contribution in [0.5, 0.6) is 0 Å². The van der Waals surface area contributed by atoms with E-state index in [1.807, 2.05) is 0 Å². The predicted octanol–water partition coefficient (Wildman–Crippen LogP) is 5.34. The zero-order valence-corrected chi connectivity index (χ0v) is 15.4. The van der Waals surface area contributed by atoms with Gasteiger partial charge < -0.3 is 4.90 Å². The molecule has 2 aromatic carbocycles. The summed E-state index contributed by atoms with van der Waals surface area (Å²) in [5.41, 5.74) is 2.64. The standard InChI is InChI=1S/C22H30N2/c1-18(2)24(19(3)4)22(16-15-20-11-7-5-8-12-20)23-17-21-13-9-6-10-14-21/h5-14,18-19H,15-17H2,1-4H3. The SMILES string of the molecule is CC(C)N(C(CCc1ccccc1)=NCc1ccccc1)C(C)C. The van der Waals surface area contributed by atoms with Crippen LogP contribution in [-0.2, 0) is 13.0 Å². The van der Waals surface area contributed by atoms with E-state index in [0.29, 0.717) is 12.1 Å². The first-order valence-corrected chi connectivity index (χ1v) is 8.97. The fraction of sp³-hybridized carbons (Fsp3) is 0.409. The highest BCUT2D eigenvalue weighted by atomic mass is 15.2. The molecule has 0 bridgehead atoms. The number of aliphatic imine (C=N–C) groups is 1. The van der Waals surface area contributed by atoms with Crippen molar-refractivity contribution in [3.63, 3.8) is 0 Å². The minimum atomic E-state index is 0.454. The Morgan fingerprint density at radius 1 is 0.792 bits per heavy atom. The van der Waals surface area contributed by atoms with Gasteiger partial charge >= 0.3 is 0 Å². The lowest BCUT2D eigenvalue weighted by Crippen LogP contribution is -2.42. The van der Waals surface area contributed by atoms with E-state index < -0.39 is 0 Å². The van der Waals surface area contributed by atoms with Gasteiger partial charge in [0.15, 0.2) is 0 Å². The molecular formula is C22H30N2. The third-order valence-corrected chi connectivity index (χ3v) is 4.18. The second kappa shape index (κ2) is 9.27. The summed E-state index contributed by atoms with van der Waals surface area (Å²) < 4.78 is 0. The van der Waals surface area contributed by atoms with Gasteiger partial charge in [0.05, 0.1) is 6.54 Å². The first-order valence-electron chi connectivity index (χ1n) is 8.97. The number of rotatable bonds is 7. The Morgan fingerprint density at radius 2 is 1.29 bits per heavy atom. The molecule has 0 amide bonds. The summed E-state index contributed by atoms with van der Waals surface area (Å²) in [6.45, 7) is 9.75. The second-order valence-corrected chi connectivity index (χ2v) is 6.80. The van der Waals surface area contributed by atoms with Crippen LogP contribution in [0.25, 0.3) is 0 Å². The Hall–Kier alpha value is -2.09. The fourth-order valence-electron chi connectivity index (χ4n) is 3.15. The smallest absolute Gasteiger partial charge is 0.100 e. The summed E-state index contributed by atoms with van der Waals surface area (Å²) in [4.78, 5) is 7.44. The average molecular weight is 322 g/mol. The highest BCUT2D eigenvalue weighted by Gasteiger charge is 2.18. The minimum absolute atomic E-state index is 0.454. The maximum absolute atomic E-state index is 4.99. The average Bonchev–Trinajstić information content (AvgIpc) is 2.58. The maximum Gasteiger partial charge on any atom is 0.100 e. The van der Waals surface area contributed by atoms with Crippen LogP contribution < -0.4 is 0 Å². The first kappa shape index (κ1) is 18.3. The molecule has 0 fully saturated rings. The largest absolute Gasteiger partial charge is 0.355 e. The predicted molar refractivity (Wildman–Crippen MR) is 104 cm³/mol. The second-order valence-electron chi connectivity index (χ2n) is 6.80. The molecule has 0 aliphatic heterocycles.